The number of rotatable bonds is 6. The summed E-state index contributed by atoms with van der Waals surface area (Å²) in [7, 11) is 0. The molecule has 1 fully saturated rings. The molecule has 7 heteroatoms. The first-order chi connectivity index (χ1) is 14.1. The molecule has 2 aromatic carbocycles. The number of benzene rings is 2. The average Bonchev–Trinajstić information content (AvgIpc) is 3.13. The third-order valence-corrected chi connectivity index (χ3v) is 5.89. The summed E-state index contributed by atoms with van der Waals surface area (Å²) in [6, 6.07) is 11.7. The fraction of sp³-hybridized carbons (Fsp3) is 0.318. The average molecular weight is 416 g/mol. The molecule has 0 bridgehead atoms. The molecule has 1 aliphatic rings. The van der Waals surface area contributed by atoms with Gasteiger partial charge in [-0.1, -0.05) is 0 Å². The summed E-state index contributed by atoms with van der Waals surface area (Å²) in [6.45, 7) is 6.96. The largest absolute Gasteiger partial charge is 0.492 e. The van der Waals surface area contributed by atoms with Gasteiger partial charge in [0.1, 0.15) is 17.4 Å². The highest BCUT2D eigenvalue weighted by molar-refractivity contribution is 7.15. The molecule has 0 amide bonds. The van der Waals surface area contributed by atoms with Gasteiger partial charge in [0.05, 0.1) is 18.9 Å². The monoisotopic (exact) mass is 416 g/mol. The molecule has 152 valence electrons. The number of thiazole rings is 1. The topological polar surface area (TPSA) is 34.6 Å². The van der Waals surface area contributed by atoms with Crippen LogP contribution in [0.4, 0.5) is 8.78 Å². The van der Waals surface area contributed by atoms with Gasteiger partial charge in [-0.05, 0) is 49.4 Å². The van der Waals surface area contributed by atoms with E-state index in [0.29, 0.717) is 17.2 Å². The van der Waals surface area contributed by atoms with Gasteiger partial charge in [0.15, 0.2) is 11.6 Å². The summed E-state index contributed by atoms with van der Waals surface area (Å²) in [5, 5.41) is 0.669. The van der Waals surface area contributed by atoms with Crippen LogP contribution >= 0.6 is 11.3 Å². The Morgan fingerprint density at radius 1 is 1.03 bits per heavy atom. The van der Waals surface area contributed by atoms with E-state index < -0.39 is 11.6 Å². The van der Waals surface area contributed by atoms with E-state index in [4.69, 9.17) is 9.47 Å². The van der Waals surface area contributed by atoms with Crippen molar-refractivity contribution >= 4 is 11.3 Å². The van der Waals surface area contributed by atoms with E-state index in [2.05, 4.69) is 9.88 Å². The SMILES string of the molecule is Cc1sc(-c2ccc(F)c(F)c2)nc1-c1ccc(OCCN2CCOCC2)cc1. The number of ether oxygens (including phenoxy) is 2. The van der Waals surface area contributed by atoms with E-state index >= 15 is 0 Å². The predicted octanol–water partition coefficient (Wildman–Crippen LogP) is 4.77. The fourth-order valence-corrected chi connectivity index (χ4v) is 4.18. The van der Waals surface area contributed by atoms with Crippen molar-refractivity contribution in [1.82, 2.24) is 9.88 Å². The standard InChI is InChI=1S/C22H22F2N2O2S/c1-15-21(25-22(29-15)17-4-7-19(23)20(24)14-17)16-2-5-18(6-3-16)28-13-10-26-8-11-27-12-9-26/h2-7,14H,8-13H2,1H3. The van der Waals surface area contributed by atoms with Gasteiger partial charge >= 0.3 is 0 Å². The molecular formula is C22H22F2N2O2S. The Bertz CT molecular complexity index is 969. The van der Waals surface area contributed by atoms with E-state index in [-0.39, 0.29) is 0 Å². The lowest BCUT2D eigenvalue weighted by molar-refractivity contribution is 0.0322. The van der Waals surface area contributed by atoms with Crippen LogP contribution in [0.5, 0.6) is 5.75 Å². The molecule has 1 saturated heterocycles. The van der Waals surface area contributed by atoms with Crippen molar-refractivity contribution in [3.8, 4) is 27.6 Å². The molecule has 0 N–H and O–H groups in total. The van der Waals surface area contributed by atoms with Crippen LogP contribution in [0.25, 0.3) is 21.8 Å². The molecule has 0 spiro atoms. The second-order valence-corrected chi connectivity index (χ2v) is 8.08. The molecule has 0 atom stereocenters. The van der Waals surface area contributed by atoms with Gasteiger partial charge in [-0.2, -0.15) is 0 Å². The van der Waals surface area contributed by atoms with Crippen molar-refractivity contribution in [3.63, 3.8) is 0 Å². The van der Waals surface area contributed by atoms with Crippen LogP contribution in [0.2, 0.25) is 0 Å². The molecule has 0 unspecified atom stereocenters. The minimum atomic E-state index is -0.865. The highest BCUT2D eigenvalue weighted by Crippen LogP contribution is 2.34. The molecule has 1 aliphatic heterocycles. The van der Waals surface area contributed by atoms with Gasteiger partial charge in [0.25, 0.3) is 0 Å². The summed E-state index contributed by atoms with van der Waals surface area (Å²) in [6.07, 6.45) is 0. The smallest absolute Gasteiger partial charge is 0.159 e. The molecule has 3 aromatic rings. The van der Waals surface area contributed by atoms with Gasteiger partial charge in [-0.15, -0.1) is 11.3 Å². The lowest BCUT2D eigenvalue weighted by atomic mass is 10.1. The van der Waals surface area contributed by atoms with Crippen LogP contribution in [-0.2, 0) is 4.74 Å². The third kappa shape index (κ3) is 4.80. The van der Waals surface area contributed by atoms with Gasteiger partial charge in [0.2, 0.25) is 0 Å². The summed E-state index contributed by atoms with van der Waals surface area (Å²) < 4.78 is 37.9. The molecule has 0 saturated carbocycles. The molecule has 0 aliphatic carbocycles. The highest BCUT2D eigenvalue weighted by atomic mass is 32.1. The van der Waals surface area contributed by atoms with Crippen molar-refractivity contribution in [2.75, 3.05) is 39.5 Å². The summed E-state index contributed by atoms with van der Waals surface area (Å²) in [5.41, 5.74) is 2.38. The van der Waals surface area contributed by atoms with E-state index in [0.717, 1.165) is 60.8 Å². The normalized spacial score (nSPS) is 14.9. The summed E-state index contributed by atoms with van der Waals surface area (Å²) in [5.74, 6) is -0.905. The van der Waals surface area contributed by atoms with Crippen LogP contribution in [0.1, 0.15) is 4.88 Å². The molecule has 2 heterocycles. The van der Waals surface area contributed by atoms with Gasteiger partial charge in [-0.3, -0.25) is 4.90 Å². The fourth-order valence-electron chi connectivity index (χ4n) is 3.24. The van der Waals surface area contributed by atoms with E-state index in [1.54, 1.807) is 6.07 Å². The zero-order valence-corrected chi connectivity index (χ0v) is 17.0. The number of halogens is 2. The molecule has 4 rings (SSSR count). The summed E-state index contributed by atoms with van der Waals surface area (Å²) in [4.78, 5) is 7.99. The van der Waals surface area contributed by atoms with Crippen molar-refractivity contribution in [1.29, 1.82) is 0 Å². The third-order valence-electron chi connectivity index (χ3n) is 4.87. The number of nitrogens with zero attached hydrogens (tertiary/aromatic N) is 2. The number of aromatic nitrogens is 1. The first kappa shape index (κ1) is 19.9. The Morgan fingerprint density at radius 3 is 2.48 bits per heavy atom. The number of hydrogen-bond donors (Lipinski definition) is 0. The quantitative estimate of drug-likeness (QED) is 0.580. The van der Waals surface area contributed by atoms with Crippen molar-refractivity contribution < 1.29 is 18.3 Å². The predicted molar refractivity (Wildman–Crippen MR) is 110 cm³/mol. The molecular weight excluding hydrogens is 394 g/mol. The van der Waals surface area contributed by atoms with Gasteiger partial charge < -0.3 is 9.47 Å². The molecule has 1 aromatic heterocycles. The first-order valence-electron chi connectivity index (χ1n) is 9.56. The van der Waals surface area contributed by atoms with Crippen LogP contribution < -0.4 is 4.74 Å². The lowest BCUT2D eigenvalue weighted by Gasteiger charge is -2.26. The van der Waals surface area contributed by atoms with Gasteiger partial charge in [-0.25, -0.2) is 13.8 Å². The van der Waals surface area contributed by atoms with Crippen LogP contribution in [0, 0.1) is 18.6 Å². The number of morpholine rings is 1. The second kappa shape index (κ2) is 8.98. The maximum atomic E-state index is 13.5. The maximum Gasteiger partial charge on any atom is 0.159 e. The van der Waals surface area contributed by atoms with Crippen LogP contribution in [0.3, 0.4) is 0 Å². The Morgan fingerprint density at radius 2 is 1.76 bits per heavy atom. The zero-order chi connectivity index (χ0) is 20.2. The maximum absolute atomic E-state index is 13.5. The molecule has 29 heavy (non-hydrogen) atoms. The van der Waals surface area contributed by atoms with Crippen LogP contribution in [0.15, 0.2) is 42.5 Å². The minimum Gasteiger partial charge on any atom is -0.492 e. The molecule has 4 nitrogen and oxygen atoms in total. The van der Waals surface area contributed by atoms with Crippen molar-refractivity contribution in [2.45, 2.75) is 6.92 Å². The Labute approximate surface area is 172 Å². The zero-order valence-electron chi connectivity index (χ0n) is 16.2. The van der Waals surface area contributed by atoms with Crippen molar-refractivity contribution in [2.24, 2.45) is 0 Å². The number of hydrogen-bond acceptors (Lipinski definition) is 5. The minimum absolute atomic E-state index is 0.575. The summed E-state index contributed by atoms with van der Waals surface area (Å²) >= 11 is 1.46. The highest BCUT2D eigenvalue weighted by Gasteiger charge is 2.14. The number of aryl methyl sites for hydroxylation is 1. The van der Waals surface area contributed by atoms with E-state index in [1.807, 2.05) is 31.2 Å². The Hall–Kier alpha value is -2.35. The van der Waals surface area contributed by atoms with Crippen molar-refractivity contribution in [3.05, 3.63) is 59.0 Å². The van der Waals surface area contributed by atoms with E-state index in [1.165, 1.54) is 17.4 Å². The Balaban J connectivity index is 1.42. The first-order valence-corrected chi connectivity index (χ1v) is 10.4. The van der Waals surface area contributed by atoms with Crippen LogP contribution in [-0.4, -0.2) is 49.3 Å². The van der Waals surface area contributed by atoms with E-state index in [9.17, 15) is 8.78 Å². The molecule has 0 radical (unpaired) electrons. The second-order valence-electron chi connectivity index (χ2n) is 6.88. The lowest BCUT2D eigenvalue weighted by Crippen LogP contribution is -2.38. The van der Waals surface area contributed by atoms with Gasteiger partial charge in [0, 0.05) is 35.6 Å². The Kier molecular flexibility index (Phi) is 6.18.